The number of allylic oxidation sites excluding steroid dienone is 1. The van der Waals surface area contributed by atoms with Crippen molar-refractivity contribution < 1.29 is 9.53 Å². The van der Waals surface area contributed by atoms with E-state index in [0.29, 0.717) is 11.8 Å². The van der Waals surface area contributed by atoms with Gasteiger partial charge in [-0.15, -0.1) is 0 Å². The van der Waals surface area contributed by atoms with E-state index in [4.69, 9.17) is 4.74 Å². The molecule has 166 valence electrons. The summed E-state index contributed by atoms with van der Waals surface area (Å²) in [5.41, 5.74) is 3.45. The lowest BCUT2D eigenvalue weighted by Crippen LogP contribution is -2.43. The van der Waals surface area contributed by atoms with Gasteiger partial charge in [-0.25, -0.2) is 0 Å². The second kappa shape index (κ2) is 9.82. The molecule has 0 saturated carbocycles. The average molecular weight is 420 g/mol. The minimum Gasteiger partial charge on any atom is -0.459 e. The predicted octanol–water partition coefficient (Wildman–Crippen LogP) is 6.60. The van der Waals surface area contributed by atoms with Crippen LogP contribution in [-0.4, -0.2) is 17.6 Å². The summed E-state index contributed by atoms with van der Waals surface area (Å²) in [7, 11) is 0. The highest BCUT2D eigenvalue weighted by Gasteiger charge is 2.31. The molecule has 0 spiro atoms. The van der Waals surface area contributed by atoms with Crippen LogP contribution in [0.3, 0.4) is 0 Å². The zero-order chi connectivity index (χ0) is 22.5. The van der Waals surface area contributed by atoms with E-state index in [2.05, 4.69) is 49.5 Å². The standard InChI is InChI=1S/C28H37NO2/c1-27(2,3)31-26(30)24(20-21-16-18-28(4,5)19-17-21)29-25(22-12-8-6-9-13-22)23-14-10-7-11-15-23/h6-16,24-25,29H,17-20H2,1-5H3/t24-/m0/s1. The van der Waals surface area contributed by atoms with Gasteiger partial charge in [-0.3, -0.25) is 10.1 Å². The summed E-state index contributed by atoms with van der Waals surface area (Å²) >= 11 is 0. The monoisotopic (exact) mass is 419 g/mol. The van der Waals surface area contributed by atoms with Crippen molar-refractivity contribution in [3.63, 3.8) is 0 Å². The molecule has 3 heteroatoms. The van der Waals surface area contributed by atoms with E-state index >= 15 is 0 Å². The SMILES string of the molecule is CC1(C)CC=C(C[C@H](NC(c2ccccc2)c2ccccc2)C(=O)OC(C)(C)C)CC1. The summed E-state index contributed by atoms with van der Waals surface area (Å²) in [6.45, 7) is 10.4. The Bertz CT molecular complexity index is 839. The summed E-state index contributed by atoms with van der Waals surface area (Å²) in [6.07, 6.45) is 6.27. The van der Waals surface area contributed by atoms with Crippen molar-refractivity contribution in [1.82, 2.24) is 5.32 Å². The van der Waals surface area contributed by atoms with Gasteiger partial charge in [0.05, 0.1) is 6.04 Å². The Morgan fingerprint density at radius 2 is 1.55 bits per heavy atom. The van der Waals surface area contributed by atoms with Crippen LogP contribution in [-0.2, 0) is 9.53 Å². The molecule has 1 N–H and O–H groups in total. The van der Waals surface area contributed by atoms with Crippen molar-refractivity contribution >= 4 is 5.97 Å². The van der Waals surface area contributed by atoms with Crippen LogP contribution in [0.25, 0.3) is 0 Å². The van der Waals surface area contributed by atoms with Gasteiger partial charge in [-0.05, 0) is 63.0 Å². The first-order valence-electron chi connectivity index (χ1n) is 11.4. The molecular weight excluding hydrogens is 382 g/mol. The van der Waals surface area contributed by atoms with Gasteiger partial charge in [0.25, 0.3) is 0 Å². The Morgan fingerprint density at radius 1 is 1.00 bits per heavy atom. The quantitative estimate of drug-likeness (QED) is 0.406. The number of carbonyl (C=O) groups is 1. The van der Waals surface area contributed by atoms with E-state index in [1.165, 1.54) is 5.57 Å². The fourth-order valence-electron chi connectivity index (χ4n) is 4.03. The maximum Gasteiger partial charge on any atom is 0.324 e. The van der Waals surface area contributed by atoms with Crippen LogP contribution in [0.4, 0.5) is 0 Å². The Kier molecular flexibility index (Phi) is 7.38. The molecular formula is C28H37NO2. The Balaban J connectivity index is 1.89. The zero-order valence-electron chi connectivity index (χ0n) is 19.7. The molecule has 0 radical (unpaired) electrons. The third-order valence-electron chi connectivity index (χ3n) is 5.86. The third-order valence-corrected chi connectivity index (χ3v) is 5.86. The fraction of sp³-hybridized carbons (Fsp3) is 0.464. The van der Waals surface area contributed by atoms with Gasteiger partial charge in [-0.2, -0.15) is 0 Å². The maximum atomic E-state index is 13.2. The molecule has 0 unspecified atom stereocenters. The number of rotatable bonds is 7. The normalized spacial score (nSPS) is 17.2. The maximum absolute atomic E-state index is 13.2. The molecule has 0 aliphatic heterocycles. The van der Waals surface area contributed by atoms with Crippen LogP contribution in [0.1, 0.15) is 77.5 Å². The number of nitrogens with one attached hydrogen (secondary N) is 1. The van der Waals surface area contributed by atoms with Gasteiger partial charge in [0.1, 0.15) is 11.6 Å². The lowest BCUT2D eigenvalue weighted by molar-refractivity contribution is -0.157. The van der Waals surface area contributed by atoms with E-state index in [1.54, 1.807) is 0 Å². The van der Waals surface area contributed by atoms with Gasteiger partial charge in [0.15, 0.2) is 0 Å². The zero-order valence-corrected chi connectivity index (χ0v) is 19.7. The van der Waals surface area contributed by atoms with Gasteiger partial charge in [0.2, 0.25) is 0 Å². The van der Waals surface area contributed by atoms with Crippen LogP contribution in [0, 0.1) is 5.41 Å². The number of esters is 1. The van der Waals surface area contributed by atoms with Crippen LogP contribution in [0.5, 0.6) is 0 Å². The number of ether oxygens (including phenoxy) is 1. The van der Waals surface area contributed by atoms with Crippen molar-refractivity contribution in [2.45, 2.75) is 78.0 Å². The van der Waals surface area contributed by atoms with Crippen molar-refractivity contribution in [2.24, 2.45) is 5.41 Å². The minimum atomic E-state index is -0.519. The summed E-state index contributed by atoms with van der Waals surface area (Å²) < 4.78 is 5.83. The third kappa shape index (κ3) is 7.07. The first-order chi connectivity index (χ1) is 14.6. The van der Waals surface area contributed by atoms with Crippen LogP contribution >= 0.6 is 0 Å². The molecule has 2 aromatic carbocycles. The molecule has 3 nitrogen and oxygen atoms in total. The summed E-state index contributed by atoms with van der Waals surface area (Å²) in [4.78, 5) is 13.2. The van der Waals surface area contributed by atoms with Crippen molar-refractivity contribution in [3.8, 4) is 0 Å². The fourth-order valence-corrected chi connectivity index (χ4v) is 4.03. The Labute approximate surface area is 187 Å². The molecule has 0 aromatic heterocycles. The summed E-state index contributed by atoms with van der Waals surface area (Å²) in [6, 6.07) is 20.2. The van der Waals surface area contributed by atoms with Gasteiger partial charge in [-0.1, -0.05) is 86.2 Å². The number of hydrogen-bond acceptors (Lipinski definition) is 3. The highest BCUT2D eigenvalue weighted by atomic mass is 16.6. The second-order valence-corrected chi connectivity index (χ2v) is 10.4. The van der Waals surface area contributed by atoms with Gasteiger partial charge in [0, 0.05) is 0 Å². The van der Waals surface area contributed by atoms with Crippen LogP contribution in [0.2, 0.25) is 0 Å². The van der Waals surface area contributed by atoms with E-state index in [-0.39, 0.29) is 12.0 Å². The Morgan fingerprint density at radius 3 is 2.00 bits per heavy atom. The molecule has 0 fully saturated rings. The lowest BCUT2D eigenvalue weighted by atomic mass is 9.77. The number of carbonyl (C=O) groups excluding carboxylic acids is 1. The van der Waals surface area contributed by atoms with Crippen molar-refractivity contribution in [2.75, 3.05) is 0 Å². The largest absolute Gasteiger partial charge is 0.459 e. The van der Waals surface area contributed by atoms with E-state index < -0.39 is 11.6 Å². The minimum absolute atomic E-state index is 0.0828. The molecule has 2 aromatic rings. The molecule has 0 heterocycles. The molecule has 1 aliphatic carbocycles. The molecule has 0 amide bonds. The smallest absolute Gasteiger partial charge is 0.324 e. The van der Waals surface area contributed by atoms with Gasteiger partial charge >= 0.3 is 5.97 Å². The first-order valence-corrected chi connectivity index (χ1v) is 11.4. The first kappa shape index (κ1) is 23.3. The number of hydrogen-bond donors (Lipinski definition) is 1. The lowest BCUT2D eigenvalue weighted by Gasteiger charge is -2.32. The second-order valence-electron chi connectivity index (χ2n) is 10.4. The van der Waals surface area contributed by atoms with Crippen LogP contribution < -0.4 is 5.32 Å². The predicted molar refractivity (Wildman–Crippen MR) is 128 cm³/mol. The molecule has 0 saturated heterocycles. The molecule has 31 heavy (non-hydrogen) atoms. The Hall–Kier alpha value is -2.39. The van der Waals surface area contributed by atoms with E-state index in [0.717, 1.165) is 30.4 Å². The highest BCUT2D eigenvalue weighted by molar-refractivity contribution is 5.77. The molecule has 3 rings (SSSR count). The average Bonchev–Trinajstić information content (AvgIpc) is 2.72. The van der Waals surface area contributed by atoms with Crippen molar-refractivity contribution in [1.29, 1.82) is 0 Å². The van der Waals surface area contributed by atoms with E-state index in [1.807, 2.05) is 57.2 Å². The molecule has 0 bridgehead atoms. The summed E-state index contributed by atoms with van der Waals surface area (Å²) in [5, 5.41) is 3.66. The highest BCUT2D eigenvalue weighted by Crippen LogP contribution is 2.36. The summed E-state index contributed by atoms with van der Waals surface area (Å²) in [5.74, 6) is -0.185. The molecule has 1 aliphatic rings. The van der Waals surface area contributed by atoms with Gasteiger partial charge < -0.3 is 4.74 Å². The molecule has 1 atom stereocenters. The van der Waals surface area contributed by atoms with Crippen molar-refractivity contribution in [3.05, 3.63) is 83.4 Å². The van der Waals surface area contributed by atoms with E-state index in [9.17, 15) is 4.79 Å². The topological polar surface area (TPSA) is 38.3 Å². The number of benzene rings is 2. The van der Waals surface area contributed by atoms with Crippen LogP contribution in [0.15, 0.2) is 72.3 Å².